The molecule has 3 aromatic carbocycles. The first-order valence-corrected chi connectivity index (χ1v) is 11.3. The summed E-state index contributed by atoms with van der Waals surface area (Å²) in [6.45, 7) is 2.99. The molecule has 0 fully saturated rings. The second-order valence-corrected chi connectivity index (χ2v) is 8.49. The molecule has 4 rings (SSSR count). The van der Waals surface area contributed by atoms with E-state index >= 15 is 0 Å². The van der Waals surface area contributed by atoms with Crippen LogP contribution in [0.3, 0.4) is 0 Å². The lowest BCUT2D eigenvalue weighted by Gasteiger charge is -2.31. The summed E-state index contributed by atoms with van der Waals surface area (Å²) in [5, 5.41) is 12.4. The van der Waals surface area contributed by atoms with Gasteiger partial charge in [-0.15, -0.1) is 0 Å². The van der Waals surface area contributed by atoms with Crippen molar-refractivity contribution < 1.29 is 38.6 Å². The summed E-state index contributed by atoms with van der Waals surface area (Å²) < 4.78 is 10.3. The Morgan fingerprint density at radius 3 is 1.68 bits per heavy atom. The Balaban J connectivity index is 2.06. The summed E-state index contributed by atoms with van der Waals surface area (Å²) >= 11 is 0. The number of esters is 2. The molecule has 37 heavy (non-hydrogen) atoms. The number of nitrogens with one attached hydrogen (secondary N) is 1. The van der Waals surface area contributed by atoms with E-state index in [4.69, 9.17) is 9.47 Å². The number of rotatable bonds is 7. The zero-order chi connectivity index (χ0) is 26.9. The molecule has 2 N–H and O–H groups in total. The van der Waals surface area contributed by atoms with E-state index in [1.165, 1.54) is 57.2 Å². The average Bonchev–Trinajstić information content (AvgIpc) is 3.15. The molecule has 0 saturated carbocycles. The van der Waals surface area contributed by atoms with Crippen molar-refractivity contribution in [2.45, 2.75) is 26.2 Å². The number of ketones is 2. The maximum atomic E-state index is 13.9. The molecule has 1 amide bonds. The minimum absolute atomic E-state index is 0.00280. The van der Waals surface area contributed by atoms with Crippen LogP contribution in [-0.4, -0.2) is 41.1 Å². The van der Waals surface area contributed by atoms with Gasteiger partial charge in [0, 0.05) is 36.2 Å². The van der Waals surface area contributed by atoms with Crippen molar-refractivity contribution in [2.75, 3.05) is 11.9 Å². The first-order valence-electron chi connectivity index (χ1n) is 11.3. The Kier molecular flexibility index (Phi) is 6.74. The lowest BCUT2D eigenvalue weighted by Crippen LogP contribution is -2.38. The molecule has 1 aliphatic rings. The Labute approximate surface area is 212 Å². The predicted molar refractivity (Wildman–Crippen MR) is 132 cm³/mol. The molecule has 0 atom stereocenters. The highest BCUT2D eigenvalue weighted by Crippen LogP contribution is 2.50. The van der Waals surface area contributed by atoms with Gasteiger partial charge in [-0.1, -0.05) is 24.3 Å². The lowest BCUT2D eigenvalue weighted by molar-refractivity contribution is -0.132. The van der Waals surface area contributed by atoms with Gasteiger partial charge in [0.2, 0.25) is 5.91 Å². The van der Waals surface area contributed by atoms with Crippen molar-refractivity contribution in [2.24, 2.45) is 0 Å². The van der Waals surface area contributed by atoms with Crippen LogP contribution in [0.15, 0.2) is 60.7 Å². The van der Waals surface area contributed by atoms with E-state index in [-0.39, 0.29) is 28.2 Å². The molecule has 9 heteroatoms. The van der Waals surface area contributed by atoms with Crippen LogP contribution in [0.4, 0.5) is 5.69 Å². The number of ether oxygens (including phenoxy) is 2. The third-order valence-electron chi connectivity index (χ3n) is 6.06. The maximum absolute atomic E-state index is 13.9. The van der Waals surface area contributed by atoms with Crippen molar-refractivity contribution >= 4 is 35.1 Å². The number of hydrogen-bond acceptors (Lipinski definition) is 8. The zero-order valence-corrected chi connectivity index (χ0v) is 20.3. The average molecular weight is 501 g/mol. The van der Waals surface area contributed by atoms with Gasteiger partial charge in [0.25, 0.3) is 0 Å². The van der Waals surface area contributed by atoms with Crippen molar-refractivity contribution in [3.63, 3.8) is 0 Å². The van der Waals surface area contributed by atoms with E-state index in [2.05, 4.69) is 5.32 Å². The van der Waals surface area contributed by atoms with Crippen LogP contribution in [0.5, 0.6) is 11.5 Å². The van der Waals surface area contributed by atoms with Gasteiger partial charge in [0.15, 0.2) is 11.6 Å². The van der Waals surface area contributed by atoms with E-state index in [0.717, 1.165) is 0 Å². The van der Waals surface area contributed by atoms with Crippen molar-refractivity contribution in [3.8, 4) is 11.5 Å². The summed E-state index contributed by atoms with van der Waals surface area (Å²) in [5.41, 5.74) is -0.175. The Bertz CT molecular complexity index is 1380. The van der Waals surface area contributed by atoms with Crippen LogP contribution in [0, 0.1) is 0 Å². The fourth-order valence-corrected chi connectivity index (χ4v) is 4.70. The number of hydrogen-bond donors (Lipinski definition) is 2. The molecule has 0 bridgehead atoms. The SMILES string of the molecule is CC(=O)Oc1ccc(C2(c3ccc(OC(C)=O)cc3)C(=O)Nc3ccc(C(=O)CO)c(C(C)=O)c32)cc1. The van der Waals surface area contributed by atoms with Crippen molar-refractivity contribution in [1.29, 1.82) is 0 Å². The third-order valence-corrected chi connectivity index (χ3v) is 6.06. The molecule has 0 spiro atoms. The summed E-state index contributed by atoms with van der Waals surface area (Å²) in [5.74, 6) is -2.15. The maximum Gasteiger partial charge on any atom is 0.308 e. The number of fused-ring (bicyclic) bond motifs is 1. The van der Waals surface area contributed by atoms with Crippen LogP contribution in [0.2, 0.25) is 0 Å². The minimum atomic E-state index is -1.61. The quantitative estimate of drug-likeness (QED) is 0.286. The Morgan fingerprint density at radius 2 is 1.27 bits per heavy atom. The van der Waals surface area contributed by atoms with Crippen LogP contribution < -0.4 is 14.8 Å². The number of carbonyl (C=O) groups is 5. The summed E-state index contributed by atoms with van der Waals surface area (Å²) in [6, 6.07) is 15.4. The molecule has 3 aromatic rings. The highest BCUT2D eigenvalue weighted by molar-refractivity contribution is 6.18. The number of anilines is 1. The lowest BCUT2D eigenvalue weighted by atomic mass is 9.67. The van der Waals surface area contributed by atoms with Crippen LogP contribution >= 0.6 is 0 Å². The fraction of sp³-hybridized carbons (Fsp3) is 0.179. The number of aliphatic hydroxyl groups excluding tert-OH is 1. The van der Waals surface area contributed by atoms with Gasteiger partial charge in [-0.25, -0.2) is 0 Å². The first kappa shape index (κ1) is 25.5. The molecule has 9 nitrogen and oxygen atoms in total. The number of amides is 1. The molecule has 0 radical (unpaired) electrons. The summed E-state index contributed by atoms with van der Waals surface area (Å²) in [4.78, 5) is 62.2. The van der Waals surface area contributed by atoms with E-state index in [1.54, 1.807) is 24.3 Å². The highest BCUT2D eigenvalue weighted by Gasteiger charge is 2.52. The van der Waals surface area contributed by atoms with Crippen LogP contribution in [0.25, 0.3) is 0 Å². The van der Waals surface area contributed by atoms with Gasteiger partial charge in [0.1, 0.15) is 23.5 Å². The summed E-state index contributed by atoms with van der Waals surface area (Å²) in [7, 11) is 0. The van der Waals surface area contributed by atoms with E-state index in [9.17, 15) is 29.1 Å². The van der Waals surface area contributed by atoms with Crippen molar-refractivity contribution in [3.05, 3.63) is 88.5 Å². The van der Waals surface area contributed by atoms with Crippen LogP contribution in [-0.2, 0) is 19.8 Å². The molecule has 1 heterocycles. The molecule has 0 aliphatic carbocycles. The molecule has 0 saturated heterocycles. The minimum Gasteiger partial charge on any atom is -0.427 e. The highest BCUT2D eigenvalue weighted by atomic mass is 16.5. The largest absolute Gasteiger partial charge is 0.427 e. The third kappa shape index (κ3) is 4.41. The van der Waals surface area contributed by atoms with E-state index in [1.807, 2.05) is 0 Å². The molecular weight excluding hydrogens is 478 g/mol. The second-order valence-electron chi connectivity index (χ2n) is 8.49. The molecule has 188 valence electrons. The molecule has 1 aliphatic heterocycles. The van der Waals surface area contributed by atoms with Gasteiger partial charge < -0.3 is 19.9 Å². The normalized spacial score (nSPS) is 13.4. The Hall–Kier alpha value is -4.63. The van der Waals surface area contributed by atoms with Gasteiger partial charge in [-0.05, 0) is 54.4 Å². The number of carbonyl (C=O) groups excluding carboxylic acids is 5. The molecule has 0 unspecified atom stereocenters. The monoisotopic (exact) mass is 501 g/mol. The number of benzene rings is 3. The second kappa shape index (κ2) is 9.79. The fourth-order valence-electron chi connectivity index (χ4n) is 4.70. The topological polar surface area (TPSA) is 136 Å². The number of Topliss-reactive ketones (excluding diaryl/α,β-unsaturated/α-hetero) is 2. The van der Waals surface area contributed by atoms with Gasteiger partial charge in [-0.3, -0.25) is 24.0 Å². The predicted octanol–water partition coefficient (Wildman–Crippen LogP) is 3.20. The van der Waals surface area contributed by atoms with Crippen LogP contribution in [0.1, 0.15) is 58.2 Å². The Morgan fingerprint density at radius 1 is 0.784 bits per heavy atom. The van der Waals surface area contributed by atoms with E-state index in [0.29, 0.717) is 16.8 Å². The smallest absolute Gasteiger partial charge is 0.308 e. The standard InChI is InChI=1S/C28H23NO8/c1-15(31)25-22(24(34)14-30)12-13-23-26(25)28(27(35)29-23,18-4-8-20(9-5-18)36-16(2)32)19-6-10-21(11-7-19)37-17(3)33/h4-13,30H,14H2,1-3H3,(H,29,35). The van der Waals surface area contributed by atoms with Crippen molar-refractivity contribution in [1.82, 2.24) is 0 Å². The molecule has 0 aromatic heterocycles. The van der Waals surface area contributed by atoms with E-state index < -0.39 is 41.4 Å². The van der Waals surface area contributed by atoms with Gasteiger partial charge in [0.05, 0.1) is 0 Å². The molecular formula is C28H23NO8. The van der Waals surface area contributed by atoms with Gasteiger partial charge in [-0.2, -0.15) is 0 Å². The zero-order valence-electron chi connectivity index (χ0n) is 20.3. The number of aliphatic hydroxyl groups is 1. The first-order chi connectivity index (χ1) is 17.6. The van der Waals surface area contributed by atoms with Gasteiger partial charge >= 0.3 is 11.9 Å². The summed E-state index contributed by atoms with van der Waals surface area (Å²) in [6.07, 6.45) is 0.